The second-order valence-electron chi connectivity index (χ2n) is 9.34. The van der Waals surface area contributed by atoms with Gasteiger partial charge in [0.25, 0.3) is 5.91 Å². The Morgan fingerprint density at radius 1 is 0.905 bits per heavy atom. The molecule has 0 radical (unpaired) electrons. The smallest absolute Gasteiger partial charge is 0.326 e. The normalized spacial score (nSPS) is 12.2. The number of amides is 4. The molecule has 0 aliphatic carbocycles. The molecule has 17 heteroatoms. The Bertz CT molecular complexity index is 1500. The van der Waals surface area contributed by atoms with E-state index in [9.17, 15) is 29.1 Å². The standard InChI is InChI=1S/C25H31N11O6/c1-36(11-13-10-30-21-19(31-13)20(28)34-25(29)35-21)14-4-2-12(3-5-14)22(39)32-15(6-8-17(26)37)23(40)33-16(24(41)42)7-9-18(27)38/h2-5,10,15-16H,6-9,11H2,1H3,(H2,26,37)(H2,27,38)(H,32,39)(H,33,40)(H,41,42)(H4,28,29,30,34,35). The van der Waals surface area contributed by atoms with Crippen LogP contribution >= 0.6 is 0 Å². The number of benzene rings is 1. The van der Waals surface area contributed by atoms with E-state index in [1.807, 2.05) is 4.90 Å². The van der Waals surface area contributed by atoms with E-state index in [1.165, 1.54) is 18.3 Å². The van der Waals surface area contributed by atoms with E-state index in [1.54, 1.807) is 19.2 Å². The topological polar surface area (TPSA) is 289 Å². The monoisotopic (exact) mass is 581 g/mol. The first-order chi connectivity index (χ1) is 19.8. The molecular formula is C25H31N11O6. The summed E-state index contributed by atoms with van der Waals surface area (Å²) >= 11 is 0. The minimum absolute atomic E-state index is 0.00669. The van der Waals surface area contributed by atoms with Crippen LogP contribution in [0.3, 0.4) is 0 Å². The van der Waals surface area contributed by atoms with Crippen LogP contribution in [-0.2, 0) is 25.7 Å². The second-order valence-corrected chi connectivity index (χ2v) is 9.34. The minimum Gasteiger partial charge on any atom is -0.480 e. The quantitative estimate of drug-likeness (QED) is 0.113. The van der Waals surface area contributed by atoms with Crippen molar-refractivity contribution in [3.05, 3.63) is 41.7 Å². The number of carboxylic acids is 1. The number of hydrogen-bond acceptors (Lipinski definition) is 12. The maximum absolute atomic E-state index is 12.9. The molecule has 0 bridgehead atoms. The molecule has 11 N–H and O–H groups in total. The van der Waals surface area contributed by atoms with Crippen molar-refractivity contribution in [1.29, 1.82) is 0 Å². The van der Waals surface area contributed by atoms with Crippen LogP contribution in [0, 0.1) is 0 Å². The first-order valence-electron chi connectivity index (χ1n) is 12.6. The minimum atomic E-state index is -1.43. The van der Waals surface area contributed by atoms with Crippen LogP contribution in [0.5, 0.6) is 0 Å². The third-order valence-corrected chi connectivity index (χ3v) is 6.07. The fourth-order valence-corrected chi connectivity index (χ4v) is 3.87. The summed E-state index contributed by atoms with van der Waals surface area (Å²) in [6, 6.07) is 3.69. The molecule has 0 saturated carbocycles. The van der Waals surface area contributed by atoms with E-state index in [4.69, 9.17) is 22.9 Å². The highest BCUT2D eigenvalue weighted by atomic mass is 16.4. The van der Waals surface area contributed by atoms with Crippen molar-refractivity contribution in [2.45, 2.75) is 44.3 Å². The van der Waals surface area contributed by atoms with Crippen molar-refractivity contribution < 1.29 is 29.1 Å². The third kappa shape index (κ3) is 8.44. The van der Waals surface area contributed by atoms with Crippen LogP contribution in [0.2, 0.25) is 0 Å². The molecule has 3 rings (SSSR count). The summed E-state index contributed by atoms with van der Waals surface area (Å²) in [4.78, 5) is 78.1. The van der Waals surface area contributed by atoms with Crippen LogP contribution < -0.4 is 38.5 Å². The fraction of sp³-hybridized carbons (Fsp3) is 0.320. The summed E-state index contributed by atoms with van der Waals surface area (Å²) in [6.45, 7) is 0.328. The maximum atomic E-state index is 12.9. The van der Waals surface area contributed by atoms with Gasteiger partial charge in [0.15, 0.2) is 17.0 Å². The lowest BCUT2D eigenvalue weighted by atomic mass is 10.1. The molecule has 3 aromatic rings. The Hall–Kier alpha value is -5.61. The van der Waals surface area contributed by atoms with Crippen molar-refractivity contribution >= 4 is 58.2 Å². The highest BCUT2D eigenvalue weighted by molar-refractivity contribution is 5.98. The Kier molecular flexibility index (Phi) is 10.0. The van der Waals surface area contributed by atoms with Gasteiger partial charge in [0, 0.05) is 31.1 Å². The summed E-state index contributed by atoms with van der Waals surface area (Å²) in [5, 5.41) is 14.1. The van der Waals surface area contributed by atoms with Crippen LogP contribution in [-0.4, -0.2) is 73.8 Å². The number of carbonyl (C=O) groups is 5. The molecule has 0 aliphatic rings. The van der Waals surface area contributed by atoms with Gasteiger partial charge in [-0.3, -0.25) is 19.2 Å². The van der Waals surface area contributed by atoms with Gasteiger partial charge in [-0.15, -0.1) is 0 Å². The number of nitrogens with two attached hydrogens (primary N) is 4. The summed E-state index contributed by atoms with van der Waals surface area (Å²) in [7, 11) is 1.80. The fourth-order valence-electron chi connectivity index (χ4n) is 3.87. The number of hydrogen-bond donors (Lipinski definition) is 7. The summed E-state index contributed by atoms with van der Waals surface area (Å²) < 4.78 is 0. The SMILES string of the molecule is CN(Cc1cnc2nc(N)nc(N)c2n1)c1ccc(C(=O)NC(CCC(N)=O)C(=O)NC(CCC(N)=O)C(=O)O)cc1. The molecule has 17 nitrogen and oxygen atoms in total. The Morgan fingerprint density at radius 3 is 2.12 bits per heavy atom. The molecule has 0 fully saturated rings. The van der Waals surface area contributed by atoms with Gasteiger partial charge in [0.1, 0.15) is 12.1 Å². The summed E-state index contributed by atoms with van der Waals surface area (Å²) in [5.41, 5.74) is 23.8. The molecule has 0 spiro atoms. The zero-order chi connectivity index (χ0) is 31.0. The second kappa shape index (κ2) is 13.6. The highest BCUT2D eigenvalue weighted by Gasteiger charge is 2.27. The van der Waals surface area contributed by atoms with E-state index in [0.717, 1.165) is 5.69 Å². The average Bonchev–Trinajstić information content (AvgIpc) is 2.93. The lowest BCUT2D eigenvalue weighted by Crippen LogP contribution is -2.52. The Balaban J connectivity index is 1.68. The van der Waals surface area contributed by atoms with Crippen molar-refractivity contribution in [3.8, 4) is 0 Å². The van der Waals surface area contributed by atoms with E-state index in [-0.39, 0.29) is 48.7 Å². The van der Waals surface area contributed by atoms with Gasteiger partial charge < -0.3 is 43.6 Å². The number of rotatable bonds is 14. The molecule has 2 atom stereocenters. The number of carboxylic acid groups (broad SMARTS) is 1. The van der Waals surface area contributed by atoms with E-state index < -0.39 is 41.7 Å². The molecule has 4 amide bonds. The number of aliphatic carboxylic acids is 1. The number of fused-ring (bicyclic) bond motifs is 1. The number of nitrogen functional groups attached to an aromatic ring is 2. The highest BCUT2D eigenvalue weighted by Crippen LogP contribution is 2.19. The molecule has 42 heavy (non-hydrogen) atoms. The zero-order valence-electron chi connectivity index (χ0n) is 22.6. The average molecular weight is 582 g/mol. The predicted octanol–water partition coefficient (Wildman–Crippen LogP) is -1.58. The van der Waals surface area contributed by atoms with Crippen molar-refractivity contribution in [2.75, 3.05) is 23.4 Å². The van der Waals surface area contributed by atoms with Crippen molar-refractivity contribution in [2.24, 2.45) is 11.5 Å². The van der Waals surface area contributed by atoms with Crippen LogP contribution in [0.1, 0.15) is 41.7 Å². The number of aromatic nitrogens is 4. The van der Waals surface area contributed by atoms with E-state index in [2.05, 4.69) is 30.6 Å². The van der Waals surface area contributed by atoms with Crippen LogP contribution in [0.4, 0.5) is 17.5 Å². The van der Waals surface area contributed by atoms with Gasteiger partial charge in [-0.25, -0.2) is 14.8 Å². The molecule has 0 aliphatic heterocycles. The van der Waals surface area contributed by atoms with Gasteiger partial charge in [-0.2, -0.15) is 9.97 Å². The van der Waals surface area contributed by atoms with Crippen molar-refractivity contribution in [1.82, 2.24) is 30.6 Å². The van der Waals surface area contributed by atoms with Gasteiger partial charge in [-0.05, 0) is 37.1 Å². The van der Waals surface area contributed by atoms with Gasteiger partial charge in [-0.1, -0.05) is 0 Å². The molecule has 2 unspecified atom stereocenters. The molecule has 2 heterocycles. The number of primary amides is 2. The van der Waals surface area contributed by atoms with Crippen LogP contribution in [0.15, 0.2) is 30.5 Å². The number of nitrogens with zero attached hydrogens (tertiary/aromatic N) is 5. The van der Waals surface area contributed by atoms with E-state index >= 15 is 0 Å². The largest absolute Gasteiger partial charge is 0.480 e. The molecule has 0 saturated heterocycles. The number of anilines is 3. The van der Waals surface area contributed by atoms with Gasteiger partial charge in [0.2, 0.25) is 23.7 Å². The lowest BCUT2D eigenvalue weighted by Gasteiger charge is -2.22. The Morgan fingerprint density at radius 2 is 1.52 bits per heavy atom. The number of nitrogens with one attached hydrogen (secondary N) is 2. The lowest BCUT2D eigenvalue weighted by molar-refractivity contribution is -0.142. The first kappa shape index (κ1) is 30.9. The van der Waals surface area contributed by atoms with Crippen LogP contribution in [0.25, 0.3) is 11.2 Å². The predicted molar refractivity (Wildman–Crippen MR) is 150 cm³/mol. The summed E-state index contributed by atoms with van der Waals surface area (Å²) in [6.07, 6.45) is 0.589. The molecular weight excluding hydrogens is 550 g/mol. The maximum Gasteiger partial charge on any atom is 0.326 e. The van der Waals surface area contributed by atoms with Gasteiger partial charge in [0.05, 0.1) is 18.4 Å². The summed E-state index contributed by atoms with van der Waals surface area (Å²) in [5.74, 6) is -4.24. The Labute approximate surface area is 239 Å². The first-order valence-corrected chi connectivity index (χ1v) is 12.6. The molecule has 1 aromatic carbocycles. The zero-order valence-corrected chi connectivity index (χ0v) is 22.6. The molecule has 222 valence electrons. The third-order valence-electron chi connectivity index (χ3n) is 6.07. The van der Waals surface area contributed by atoms with Gasteiger partial charge >= 0.3 is 5.97 Å². The van der Waals surface area contributed by atoms with Crippen molar-refractivity contribution in [3.63, 3.8) is 0 Å². The van der Waals surface area contributed by atoms with E-state index in [0.29, 0.717) is 17.8 Å². The molecule has 2 aromatic heterocycles. The number of carbonyl (C=O) groups excluding carboxylic acids is 4.